The summed E-state index contributed by atoms with van der Waals surface area (Å²) in [4.78, 5) is 12.5. The Bertz CT molecular complexity index is 903. The number of carbonyl (C=O) groups is 1. The van der Waals surface area contributed by atoms with Crippen LogP contribution in [0.25, 0.3) is 0 Å². The smallest absolute Gasteiger partial charge is 0.243 e. The van der Waals surface area contributed by atoms with Crippen molar-refractivity contribution in [2.45, 2.75) is 18.7 Å². The van der Waals surface area contributed by atoms with E-state index in [2.05, 4.69) is 5.32 Å². The van der Waals surface area contributed by atoms with E-state index in [0.717, 1.165) is 21.9 Å². The summed E-state index contributed by atoms with van der Waals surface area (Å²) in [5, 5.41) is 3.51. The van der Waals surface area contributed by atoms with Gasteiger partial charge in [-0.05, 0) is 48.9 Å². The van der Waals surface area contributed by atoms with Crippen LogP contribution in [0.5, 0.6) is 5.75 Å². The molecule has 2 aromatic carbocycles. The van der Waals surface area contributed by atoms with Gasteiger partial charge in [0.05, 0.1) is 19.1 Å². The van der Waals surface area contributed by atoms with Gasteiger partial charge in [-0.1, -0.05) is 23.7 Å². The summed E-state index contributed by atoms with van der Waals surface area (Å²) in [5.41, 5.74) is 1.56. The molecule has 0 spiro atoms. The van der Waals surface area contributed by atoms with Crippen LogP contribution in [-0.4, -0.2) is 46.0 Å². The molecule has 0 saturated heterocycles. The maximum Gasteiger partial charge on any atom is 0.243 e. The van der Waals surface area contributed by atoms with Crippen molar-refractivity contribution in [1.29, 1.82) is 0 Å². The Kier molecular flexibility index (Phi) is 8.67. The highest BCUT2D eigenvalue weighted by Gasteiger charge is 2.28. The van der Waals surface area contributed by atoms with Crippen molar-refractivity contribution in [2.75, 3.05) is 30.0 Å². The molecular formula is C20H25ClN2O4S2. The monoisotopic (exact) mass is 456 g/mol. The maximum absolute atomic E-state index is 12.5. The minimum absolute atomic E-state index is 0.349. The molecule has 0 unspecified atom stereocenters. The van der Waals surface area contributed by atoms with Gasteiger partial charge in [-0.3, -0.25) is 9.10 Å². The minimum Gasteiger partial charge on any atom is -0.497 e. The molecule has 0 heterocycles. The van der Waals surface area contributed by atoms with Crippen LogP contribution in [0.1, 0.15) is 12.5 Å². The molecule has 0 fully saturated rings. The number of hydrogen-bond donors (Lipinski definition) is 1. The van der Waals surface area contributed by atoms with Gasteiger partial charge in [0, 0.05) is 23.1 Å². The number of anilines is 1. The van der Waals surface area contributed by atoms with Crippen molar-refractivity contribution < 1.29 is 17.9 Å². The highest BCUT2D eigenvalue weighted by atomic mass is 35.5. The average molecular weight is 457 g/mol. The zero-order chi connectivity index (χ0) is 21.4. The molecule has 0 radical (unpaired) electrons. The lowest BCUT2D eigenvalue weighted by atomic mass is 10.2. The largest absolute Gasteiger partial charge is 0.497 e. The Morgan fingerprint density at radius 2 is 1.79 bits per heavy atom. The highest BCUT2D eigenvalue weighted by Crippen LogP contribution is 2.24. The zero-order valence-corrected chi connectivity index (χ0v) is 19.0. The molecule has 0 aliphatic rings. The van der Waals surface area contributed by atoms with E-state index in [4.69, 9.17) is 16.3 Å². The number of ether oxygens (including phenoxy) is 1. The van der Waals surface area contributed by atoms with Crippen molar-refractivity contribution in [3.63, 3.8) is 0 Å². The minimum atomic E-state index is -3.64. The number of nitrogens with zero attached hydrogens (tertiary/aromatic N) is 1. The molecule has 9 heteroatoms. The summed E-state index contributed by atoms with van der Waals surface area (Å²) < 4.78 is 30.8. The number of methoxy groups -OCH3 is 1. The Hall–Kier alpha value is -1.90. The second-order valence-electron chi connectivity index (χ2n) is 6.40. The number of nitrogens with one attached hydrogen (secondary N) is 1. The van der Waals surface area contributed by atoms with Crippen LogP contribution in [0.15, 0.2) is 48.5 Å². The third kappa shape index (κ3) is 7.13. The van der Waals surface area contributed by atoms with E-state index in [-0.39, 0.29) is 5.91 Å². The Morgan fingerprint density at radius 3 is 2.34 bits per heavy atom. The molecule has 0 aliphatic heterocycles. The molecule has 29 heavy (non-hydrogen) atoms. The van der Waals surface area contributed by atoms with E-state index in [9.17, 15) is 13.2 Å². The molecule has 2 aromatic rings. The second kappa shape index (κ2) is 10.8. The molecule has 1 N–H and O–H groups in total. The summed E-state index contributed by atoms with van der Waals surface area (Å²) in [6.45, 7) is 2.02. The first-order chi connectivity index (χ1) is 13.7. The van der Waals surface area contributed by atoms with Crippen LogP contribution in [0.3, 0.4) is 0 Å². The molecule has 1 amide bonds. The first-order valence-corrected chi connectivity index (χ1v) is 12.3. The summed E-state index contributed by atoms with van der Waals surface area (Å²) in [7, 11) is -2.11. The number of hydrogen-bond acceptors (Lipinski definition) is 5. The van der Waals surface area contributed by atoms with E-state index in [0.29, 0.717) is 28.8 Å². The molecule has 6 nitrogen and oxygen atoms in total. The number of rotatable bonds is 10. The molecular weight excluding hydrogens is 432 g/mol. The van der Waals surface area contributed by atoms with Crippen LogP contribution < -0.4 is 14.4 Å². The van der Waals surface area contributed by atoms with Gasteiger partial charge in [-0.25, -0.2) is 8.42 Å². The van der Waals surface area contributed by atoms with Gasteiger partial charge >= 0.3 is 0 Å². The predicted molar refractivity (Wildman–Crippen MR) is 120 cm³/mol. The van der Waals surface area contributed by atoms with Crippen molar-refractivity contribution in [3.05, 3.63) is 59.1 Å². The SMILES string of the molecule is COc1ccc(N([C@@H](C)C(=O)NCCSCc2ccc(Cl)cc2)S(C)(=O)=O)cc1. The first-order valence-electron chi connectivity index (χ1n) is 8.95. The summed E-state index contributed by atoms with van der Waals surface area (Å²) in [6.07, 6.45) is 1.09. The van der Waals surface area contributed by atoms with Crippen molar-refractivity contribution >= 4 is 45.0 Å². The summed E-state index contributed by atoms with van der Waals surface area (Å²) in [5.74, 6) is 1.78. The average Bonchev–Trinajstić information content (AvgIpc) is 2.68. The predicted octanol–water partition coefficient (Wildman–Crippen LogP) is 3.55. The lowest BCUT2D eigenvalue weighted by molar-refractivity contribution is -0.121. The molecule has 0 bridgehead atoms. The third-order valence-corrected chi connectivity index (χ3v) is 6.67. The number of amides is 1. The maximum atomic E-state index is 12.5. The lowest BCUT2D eigenvalue weighted by Gasteiger charge is -2.28. The fraction of sp³-hybridized carbons (Fsp3) is 0.350. The van der Waals surface area contributed by atoms with Crippen molar-refractivity contribution in [2.24, 2.45) is 0 Å². The van der Waals surface area contributed by atoms with E-state index in [1.165, 1.54) is 7.11 Å². The van der Waals surface area contributed by atoms with Crippen LogP contribution in [0, 0.1) is 0 Å². The fourth-order valence-electron chi connectivity index (χ4n) is 2.70. The molecule has 2 rings (SSSR count). The number of benzene rings is 2. The van der Waals surface area contributed by atoms with Crippen LogP contribution in [0.4, 0.5) is 5.69 Å². The van der Waals surface area contributed by atoms with Crippen LogP contribution in [-0.2, 0) is 20.6 Å². The van der Waals surface area contributed by atoms with Crippen LogP contribution >= 0.6 is 23.4 Å². The van der Waals surface area contributed by atoms with Crippen LogP contribution in [0.2, 0.25) is 5.02 Å². The number of carbonyl (C=O) groups excluding carboxylic acids is 1. The van der Waals surface area contributed by atoms with Gasteiger partial charge in [0.25, 0.3) is 0 Å². The zero-order valence-electron chi connectivity index (χ0n) is 16.6. The van der Waals surface area contributed by atoms with E-state index in [1.807, 2.05) is 24.3 Å². The van der Waals surface area contributed by atoms with E-state index in [1.54, 1.807) is 43.0 Å². The van der Waals surface area contributed by atoms with Gasteiger partial charge in [-0.2, -0.15) is 11.8 Å². The second-order valence-corrected chi connectivity index (χ2v) is 9.80. The highest BCUT2D eigenvalue weighted by molar-refractivity contribution is 7.98. The topological polar surface area (TPSA) is 75.7 Å². The quantitative estimate of drug-likeness (QED) is 0.553. The molecule has 0 saturated carbocycles. The van der Waals surface area contributed by atoms with E-state index < -0.39 is 16.1 Å². The normalized spacial score (nSPS) is 12.3. The third-order valence-electron chi connectivity index (χ3n) is 4.14. The molecule has 0 aliphatic carbocycles. The molecule has 1 atom stereocenters. The van der Waals surface area contributed by atoms with Crippen molar-refractivity contribution in [1.82, 2.24) is 5.32 Å². The summed E-state index contributed by atoms with van der Waals surface area (Å²) in [6, 6.07) is 13.3. The standard InChI is InChI=1S/C20H25ClN2O4S2/c1-15(23(29(3,25)26)18-8-10-19(27-2)11-9-18)20(24)22-12-13-28-14-16-4-6-17(21)7-5-16/h4-11,15H,12-14H2,1-3H3,(H,22,24)/t15-/m0/s1. The van der Waals surface area contributed by atoms with Crippen molar-refractivity contribution in [3.8, 4) is 5.75 Å². The Labute approximate surface area is 181 Å². The van der Waals surface area contributed by atoms with E-state index >= 15 is 0 Å². The number of thioether (sulfide) groups is 1. The molecule has 158 valence electrons. The number of halogens is 1. The van der Waals surface area contributed by atoms with Gasteiger partial charge in [0.1, 0.15) is 11.8 Å². The fourth-order valence-corrected chi connectivity index (χ4v) is 4.82. The Balaban J connectivity index is 1.90. The van der Waals surface area contributed by atoms with Gasteiger partial charge in [0.2, 0.25) is 15.9 Å². The van der Waals surface area contributed by atoms with Gasteiger partial charge < -0.3 is 10.1 Å². The molecule has 0 aromatic heterocycles. The lowest BCUT2D eigenvalue weighted by Crippen LogP contribution is -2.48. The van der Waals surface area contributed by atoms with Gasteiger partial charge in [-0.15, -0.1) is 0 Å². The van der Waals surface area contributed by atoms with Gasteiger partial charge in [0.15, 0.2) is 0 Å². The number of sulfonamides is 1. The summed E-state index contributed by atoms with van der Waals surface area (Å²) >= 11 is 7.55. The Morgan fingerprint density at radius 1 is 1.17 bits per heavy atom. The first kappa shape index (κ1) is 23.4.